The highest BCUT2D eigenvalue weighted by Gasteiger charge is 2.05. The van der Waals surface area contributed by atoms with Crippen molar-refractivity contribution in [3.63, 3.8) is 0 Å². The van der Waals surface area contributed by atoms with Crippen LogP contribution in [0, 0.1) is 11.6 Å². The minimum absolute atomic E-state index is 0.361. The van der Waals surface area contributed by atoms with E-state index < -0.39 is 11.6 Å². The summed E-state index contributed by atoms with van der Waals surface area (Å²) in [4.78, 5) is 0. The van der Waals surface area contributed by atoms with Gasteiger partial charge in [-0.3, -0.25) is 0 Å². The molecule has 0 radical (unpaired) electrons. The summed E-state index contributed by atoms with van der Waals surface area (Å²) in [6.45, 7) is 4.62. The molecule has 0 bridgehead atoms. The van der Waals surface area contributed by atoms with Crippen molar-refractivity contribution in [1.82, 2.24) is 5.32 Å². The fourth-order valence-electron chi connectivity index (χ4n) is 1.48. The number of rotatable bonds is 5. The average molecular weight is 213 g/mol. The molecule has 0 spiro atoms. The van der Waals surface area contributed by atoms with Gasteiger partial charge >= 0.3 is 0 Å². The molecule has 0 saturated carbocycles. The highest BCUT2D eigenvalue weighted by Crippen LogP contribution is 2.09. The monoisotopic (exact) mass is 213 g/mol. The van der Waals surface area contributed by atoms with Crippen LogP contribution >= 0.6 is 0 Å². The van der Waals surface area contributed by atoms with Crippen LogP contribution in [0.3, 0.4) is 0 Å². The molecule has 1 aromatic rings. The molecule has 1 rings (SSSR count). The van der Waals surface area contributed by atoms with Gasteiger partial charge < -0.3 is 5.32 Å². The Balaban J connectivity index is 2.50. The van der Waals surface area contributed by atoms with E-state index in [1.165, 1.54) is 12.1 Å². The fraction of sp³-hybridized carbons (Fsp3) is 0.500. The number of hydrogen-bond donors (Lipinski definition) is 1. The Hall–Kier alpha value is -0.960. The van der Waals surface area contributed by atoms with Crippen LogP contribution in [-0.4, -0.2) is 6.04 Å². The molecular weight excluding hydrogens is 196 g/mol. The molecule has 1 aromatic carbocycles. The molecule has 0 aliphatic carbocycles. The molecule has 1 nitrogen and oxygen atoms in total. The summed E-state index contributed by atoms with van der Waals surface area (Å²) in [6, 6.07) is 4.04. The lowest BCUT2D eigenvalue weighted by Gasteiger charge is -2.12. The van der Waals surface area contributed by atoms with Crippen LogP contribution in [0.25, 0.3) is 0 Å². The Kier molecular flexibility index (Phi) is 4.69. The molecule has 0 aliphatic rings. The maximum atomic E-state index is 13.2. The van der Waals surface area contributed by atoms with Crippen LogP contribution in [-0.2, 0) is 6.54 Å². The van der Waals surface area contributed by atoms with E-state index >= 15 is 0 Å². The van der Waals surface area contributed by atoms with Crippen LogP contribution < -0.4 is 5.32 Å². The van der Waals surface area contributed by atoms with Gasteiger partial charge in [0.15, 0.2) is 0 Å². The molecule has 1 atom stereocenters. The Morgan fingerprint density at radius 1 is 1.33 bits per heavy atom. The van der Waals surface area contributed by atoms with Gasteiger partial charge in [-0.2, -0.15) is 0 Å². The first-order chi connectivity index (χ1) is 7.13. The number of halogens is 2. The SMILES string of the molecule is CCCC(C)NCc1ccc(F)cc1F. The van der Waals surface area contributed by atoms with E-state index in [-0.39, 0.29) is 0 Å². The Morgan fingerprint density at radius 2 is 2.07 bits per heavy atom. The van der Waals surface area contributed by atoms with Crippen molar-refractivity contribution in [2.45, 2.75) is 39.3 Å². The third-order valence-corrected chi connectivity index (χ3v) is 2.38. The second kappa shape index (κ2) is 5.81. The van der Waals surface area contributed by atoms with E-state index in [2.05, 4.69) is 19.2 Å². The zero-order valence-corrected chi connectivity index (χ0v) is 9.19. The van der Waals surface area contributed by atoms with Gasteiger partial charge in [-0.25, -0.2) is 8.78 Å². The molecule has 3 heteroatoms. The van der Waals surface area contributed by atoms with Crippen molar-refractivity contribution < 1.29 is 8.78 Å². The number of hydrogen-bond acceptors (Lipinski definition) is 1. The van der Waals surface area contributed by atoms with Gasteiger partial charge in [0.1, 0.15) is 11.6 Å². The van der Waals surface area contributed by atoms with Crippen molar-refractivity contribution in [3.8, 4) is 0 Å². The van der Waals surface area contributed by atoms with Crippen molar-refractivity contribution in [1.29, 1.82) is 0 Å². The number of nitrogens with one attached hydrogen (secondary N) is 1. The first-order valence-corrected chi connectivity index (χ1v) is 5.30. The first-order valence-electron chi connectivity index (χ1n) is 5.30. The molecule has 0 aliphatic heterocycles. The summed E-state index contributed by atoms with van der Waals surface area (Å²) < 4.78 is 25.8. The zero-order valence-electron chi connectivity index (χ0n) is 9.19. The third-order valence-electron chi connectivity index (χ3n) is 2.38. The van der Waals surface area contributed by atoms with Gasteiger partial charge in [0.25, 0.3) is 0 Å². The maximum Gasteiger partial charge on any atom is 0.130 e. The van der Waals surface area contributed by atoms with Crippen LogP contribution in [0.15, 0.2) is 18.2 Å². The largest absolute Gasteiger partial charge is 0.310 e. The topological polar surface area (TPSA) is 12.0 Å². The van der Waals surface area contributed by atoms with Gasteiger partial charge in [-0.15, -0.1) is 0 Å². The second-order valence-corrected chi connectivity index (χ2v) is 3.81. The smallest absolute Gasteiger partial charge is 0.130 e. The van der Waals surface area contributed by atoms with E-state index in [4.69, 9.17) is 0 Å². The molecule has 0 aromatic heterocycles. The van der Waals surface area contributed by atoms with E-state index in [1.807, 2.05) is 0 Å². The molecular formula is C12H17F2N. The predicted molar refractivity (Wildman–Crippen MR) is 57.6 cm³/mol. The Bertz CT molecular complexity index is 312. The quantitative estimate of drug-likeness (QED) is 0.791. The lowest BCUT2D eigenvalue weighted by atomic mass is 10.1. The standard InChI is InChI=1S/C12H17F2N/c1-3-4-9(2)15-8-10-5-6-11(13)7-12(10)14/h5-7,9,15H,3-4,8H2,1-2H3. The highest BCUT2D eigenvalue weighted by molar-refractivity contribution is 5.18. The van der Waals surface area contributed by atoms with Crippen molar-refractivity contribution >= 4 is 0 Å². The first kappa shape index (κ1) is 12.1. The Labute approximate surface area is 89.5 Å². The second-order valence-electron chi connectivity index (χ2n) is 3.81. The summed E-state index contributed by atoms with van der Waals surface area (Å²) in [5.41, 5.74) is 0.513. The molecule has 0 heterocycles. The lowest BCUT2D eigenvalue weighted by Crippen LogP contribution is -2.25. The van der Waals surface area contributed by atoms with E-state index in [1.54, 1.807) is 0 Å². The highest BCUT2D eigenvalue weighted by atomic mass is 19.1. The molecule has 1 unspecified atom stereocenters. The normalized spacial score (nSPS) is 12.8. The predicted octanol–water partition coefficient (Wildman–Crippen LogP) is 3.24. The Morgan fingerprint density at radius 3 is 2.67 bits per heavy atom. The van der Waals surface area contributed by atoms with Crippen LogP contribution in [0.5, 0.6) is 0 Å². The van der Waals surface area contributed by atoms with E-state index in [0.29, 0.717) is 18.2 Å². The van der Waals surface area contributed by atoms with Crippen LogP contribution in [0.4, 0.5) is 8.78 Å². The third kappa shape index (κ3) is 3.96. The van der Waals surface area contributed by atoms with E-state index in [9.17, 15) is 8.78 Å². The molecule has 0 saturated heterocycles. The van der Waals surface area contributed by atoms with Crippen LogP contribution in [0.1, 0.15) is 32.3 Å². The summed E-state index contributed by atoms with van der Waals surface area (Å²) in [5.74, 6) is -1.01. The average Bonchev–Trinajstić information content (AvgIpc) is 2.17. The summed E-state index contributed by atoms with van der Waals surface area (Å²) >= 11 is 0. The maximum absolute atomic E-state index is 13.2. The van der Waals surface area contributed by atoms with Crippen molar-refractivity contribution in [2.24, 2.45) is 0 Å². The summed E-state index contributed by atoms with van der Waals surface area (Å²) in [6.07, 6.45) is 2.16. The summed E-state index contributed by atoms with van der Waals surface area (Å²) in [7, 11) is 0. The van der Waals surface area contributed by atoms with Crippen LogP contribution in [0.2, 0.25) is 0 Å². The molecule has 0 fully saturated rings. The fourth-order valence-corrected chi connectivity index (χ4v) is 1.48. The van der Waals surface area contributed by atoms with Gasteiger partial charge in [0.2, 0.25) is 0 Å². The molecule has 84 valence electrons. The number of benzene rings is 1. The van der Waals surface area contributed by atoms with Gasteiger partial charge in [-0.1, -0.05) is 19.4 Å². The molecule has 1 N–H and O–H groups in total. The molecule has 15 heavy (non-hydrogen) atoms. The minimum atomic E-state index is -0.530. The molecule has 0 amide bonds. The summed E-state index contributed by atoms with van der Waals surface area (Å²) in [5, 5.41) is 3.20. The zero-order chi connectivity index (χ0) is 11.3. The van der Waals surface area contributed by atoms with E-state index in [0.717, 1.165) is 18.9 Å². The van der Waals surface area contributed by atoms with Gasteiger partial charge in [-0.05, 0) is 19.4 Å². The lowest BCUT2D eigenvalue weighted by molar-refractivity contribution is 0.493. The van der Waals surface area contributed by atoms with Crippen molar-refractivity contribution in [2.75, 3.05) is 0 Å². The van der Waals surface area contributed by atoms with Crippen molar-refractivity contribution in [3.05, 3.63) is 35.4 Å². The van der Waals surface area contributed by atoms with Gasteiger partial charge in [0, 0.05) is 24.2 Å². The van der Waals surface area contributed by atoms with Gasteiger partial charge in [0.05, 0.1) is 0 Å². The minimum Gasteiger partial charge on any atom is -0.310 e.